The molecule has 1 amide bonds. The minimum Gasteiger partial charge on any atom is -0.348 e. The summed E-state index contributed by atoms with van der Waals surface area (Å²) in [5, 5.41) is 8.82. The van der Waals surface area contributed by atoms with E-state index >= 15 is 0 Å². The van der Waals surface area contributed by atoms with Crippen LogP contribution in [0, 0.1) is 13.8 Å². The maximum Gasteiger partial charge on any atom is 0.255 e. The van der Waals surface area contributed by atoms with Crippen molar-refractivity contribution >= 4 is 29.1 Å². The van der Waals surface area contributed by atoms with Crippen molar-refractivity contribution in [3.63, 3.8) is 0 Å². The van der Waals surface area contributed by atoms with Gasteiger partial charge in [0.2, 0.25) is 0 Å². The number of nitrogens with one attached hydrogen (secondary N) is 1. The van der Waals surface area contributed by atoms with E-state index in [1.165, 1.54) is 0 Å². The smallest absolute Gasteiger partial charge is 0.255 e. The maximum atomic E-state index is 12.6. The zero-order chi connectivity index (χ0) is 18.7. The molecule has 0 aliphatic rings. The van der Waals surface area contributed by atoms with Crippen molar-refractivity contribution in [3.05, 3.63) is 86.7 Å². The van der Waals surface area contributed by atoms with E-state index in [1.54, 1.807) is 12.1 Å². The number of amides is 1. The fourth-order valence-electron chi connectivity index (χ4n) is 2.84. The number of aryl methyl sites for hydroxylation is 1. The van der Waals surface area contributed by atoms with Gasteiger partial charge in [-0.3, -0.25) is 9.48 Å². The molecule has 1 heterocycles. The standard InChI is InChI=1S/C20H19Cl2N3O/c1-13-19(20(26)23-11-15-7-9-17(21)10-8-15)14(2)25(24-13)12-16-5-3-4-6-18(16)22/h3-10H,11-12H2,1-2H3,(H,23,26). The molecule has 3 aromatic rings. The molecule has 4 nitrogen and oxygen atoms in total. The summed E-state index contributed by atoms with van der Waals surface area (Å²) >= 11 is 12.1. The van der Waals surface area contributed by atoms with E-state index in [4.69, 9.17) is 23.2 Å². The fourth-order valence-corrected chi connectivity index (χ4v) is 3.16. The van der Waals surface area contributed by atoms with Crippen LogP contribution < -0.4 is 5.32 Å². The molecule has 1 aromatic heterocycles. The van der Waals surface area contributed by atoms with Crippen LogP contribution in [0.5, 0.6) is 0 Å². The first-order valence-electron chi connectivity index (χ1n) is 8.25. The summed E-state index contributed by atoms with van der Waals surface area (Å²) < 4.78 is 1.81. The molecule has 0 fully saturated rings. The molecule has 0 radical (unpaired) electrons. The SMILES string of the molecule is Cc1nn(Cc2ccccc2Cl)c(C)c1C(=O)NCc1ccc(Cl)cc1. The highest BCUT2D eigenvalue weighted by Gasteiger charge is 2.19. The first-order valence-corrected chi connectivity index (χ1v) is 9.01. The second kappa shape index (κ2) is 7.94. The number of rotatable bonds is 5. The van der Waals surface area contributed by atoms with Crippen molar-refractivity contribution in [3.8, 4) is 0 Å². The van der Waals surface area contributed by atoms with Crippen LogP contribution in [0.2, 0.25) is 10.0 Å². The Balaban J connectivity index is 1.75. The van der Waals surface area contributed by atoms with E-state index in [1.807, 2.05) is 54.9 Å². The summed E-state index contributed by atoms with van der Waals surface area (Å²) in [5.41, 5.74) is 4.07. The zero-order valence-corrected chi connectivity index (χ0v) is 16.1. The zero-order valence-electron chi connectivity index (χ0n) is 14.6. The summed E-state index contributed by atoms with van der Waals surface area (Å²) in [4.78, 5) is 12.6. The fraction of sp³-hybridized carbons (Fsp3) is 0.200. The van der Waals surface area contributed by atoms with Crippen molar-refractivity contribution in [2.45, 2.75) is 26.9 Å². The van der Waals surface area contributed by atoms with E-state index in [0.29, 0.717) is 34.4 Å². The predicted molar refractivity (Wildman–Crippen MR) is 105 cm³/mol. The highest BCUT2D eigenvalue weighted by Crippen LogP contribution is 2.19. The van der Waals surface area contributed by atoms with Crippen molar-refractivity contribution in [2.75, 3.05) is 0 Å². The number of nitrogens with zero attached hydrogens (tertiary/aromatic N) is 2. The number of aromatic nitrogens is 2. The Bertz CT molecular complexity index is 933. The van der Waals surface area contributed by atoms with E-state index < -0.39 is 0 Å². The minimum atomic E-state index is -0.139. The molecular weight excluding hydrogens is 369 g/mol. The van der Waals surface area contributed by atoms with E-state index in [0.717, 1.165) is 16.8 Å². The van der Waals surface area contributed by atoms with E-state index in [-0.39, 0.29) is 5.91 Å². The van der Waals surface area contributed by atoms with E-state index in [9.17, 15) is 4.79 Å². The number of benzene rings is 2. The Morgan fingerprint density at radius 2 is 1.77 bits per heavy atom. The second-order valence-electron chi connectivity index (χ2n) is 6.10. The Morgan fingerprint density at radius 1 is 1.08 bits per heavy atom. The van der Waals surface area contributed by atoms with Gasteiger partial charge in [0, 0.05) is 22.3 Å². The molecule has 0 spiro atoms. The molecule has 0 aliphatic carbocycles. The van der Waals surface area contributed by atoms with Gasteiger partial charge in [0.25, 0.3) is 5.91 Å². The second-order valence-corrected chi connectivity index (χ2v) is 6.95. The van der Waals surface area contributed by atoms with Crippen molar-refractivity contribution in [2.24, 2.45) is 0 Å². The number of hydrogen-bond donors (Lipinski definition) is 1. The summed E-state index contributed by atoms with van der Waals surface area (Å²) in [6.45, 7) is 4.70. The lowest BCUT2D eigenvalue weighted by atomic mass is 10.1. The molecule has 1 N–H and O–H groups in total. The summed E-state index contributed by atoms with van der Waals surface area (Å²) in [7, 11) is 0. The van der Waals surface area contributed by atoms with Gasteiger partial charge in [0.05, 0.1) is 17.8 Å². The average Bonchev–Trinajstić information content (AvgIpc) is 2.90. The molecule has 26 heavy (non-hydrogen) atoms. The average molecular weight is 388 g/mol. The Morgan fingerprint density at radius 3 is 2.46 bits per heavy atom. The number of hydrogen-bond acceptors (Lipinski definition) is 2. The quantitative estimate of drug-likeness (QED) is 0.684. The van der Waals surface area contributed by atoms with Crippen LogP contribution in [0.15, 0.2) is 48.5 Å². The van der Waals surface area contributed by atoms with Gasteiger partial charge in [0.15, 0.2) is 0 Å². The van der Waals surface area contributed by atoms with Crippen molar-refractivity contribution in [1.29, 1.82) is 0 Å². The van der Waals surface area contributed by atoms with Gasteiger partial charge in [-0.1, -0.05) is 53.5 Å². The Labute approximate surface area is 162 Å². The van der Waals surface area contributed by atoms with Gasteiger partial charge in [-0.25, -0.2) is 0 Å². The van der Waals surface area contributed by atoms with Crippen molar-refractivity contribution in [1.82, 2.24) is 15.1 Å². The van der Waals surface area contributed by atoms with Gasteiger partial charge >= 0.3 is 0 Å². The van der Waals surface area contributed by atoms with Gasteiger partial charge < -0.3 is 5.32 Å². The van der Waals surface area contributed by atoms with Crippen LogP contribution in [0.1, 0.15) is 32.9 Å². The third-order valence-electron chi connectivity index (χ3n) is 4.25. The Hall–Kier alpha value is -2.30. The maximum absolute atomic E-state index is 12.6. The molecule has 0 aliphatic heterocycles. The topological polar surface area (TPSA) is 46.9 Å². The first kappa shape index (κ1) is 18.5. The van der Waals surface area contributed by atoms with Gasteiger partial charge in [0.1, 0.15) is 0 Å². The van der Waals surface area contributed by atoms with Gasteiger partial charge in [-0.2, -0.15) is 5.10 Å². The molecule has 0 unspecified atom stereocenters. The minimum absolute atomic E-state index is 0.139. The van der Waals surface area contributed by atoms with Crippen LogP contribution in [0.3, 0.4) is 0 Å². The summed E-state index contributed by atoms with van der Waals surface area (Å²) in [6, 6.07) is 15.0. The third-order valence-corrected chi connectivity index (χ3v) is 4.87. The van der Waals surface area contributed by atoms with Gasteiger partial charge in [-0.15, -0.1) is 0 Å². The molecule has 134 valence electrons. The van der Waals surface area contributed by atoms with Crippen molar-refractivity contribution < 1.29 is 4.79 Å². The summed E-state index contributed by atoms with van der Waals surface area (Å²) in [6.07, 6.45) is 0. The largest absolute Gasteiger partial charge is 0.348 e. The van der Waals surface area contributed by atoms with E-state index in [2.05, 4.69) is 10.4 Å². The Kier molecular flexibility index (Phi) is 5.64. The van der Waals surface area contributed by atoms with Crippen LogP contribution >= 0.6 is 23.2 Å². The van der Waals surface area contributed by atoms with Crippen LogP contribution in [-0.4, -0.2) is 15.7 Å². The van der Waals surface area contributed by atoms with Crippen LogP contribution in [-0.2, 0) is 13.1 Å². The molecule has 0 atom stereocenters. The molecule has 0 bridgehead atoms. The predicted octanol–water partition coefficient (Wildman–Crippen LogP) is 4.79. The highest BCUT2D eigenvalue weighted by molar-refractivity contribution is 6.31. The van der Waals surface area contributed by atoms with Gasteiger partial charge in [-0.05, 0) is 43.2 Å². The highest BCUT2D eigenvalue weighted by atomic mass is 35.5. The van der Waals surface area contributed by atoms with Crippen LogP contribution in [0.25, 0.3) is 0 Å². The van der Waals surface area contributed by atoms with Crippen LogP contribution in [0.4, 0.5) is 0 Å². The number of carbonyl (C=O) groups is 1. The molecule has 3 rings (SSSR count). The lowest BCUT2D eigenvalue weighted by Gasteiger charge is -2.08. The number of carbonyl (C=O) groups excluding carboxylic acids is 1. The third kappa shape index (κ3) is 4.09. The molecule has 0 saturated heterocycles. The molecule has 2 aromatic carbocycles. The normalized spacial score (nSPS) is 10.8. The number of halogens is 2. The lowest BCUT2D eigenvalue weighted by Crippen LogP contribution is -2.24. The lowest BCUT2D eigenvalue weighted by molar-refractivity contribution is 0.0949. The molecular formula is C20H19Cl2N3O. The molecule has 6 heteroatoms. The summed E-state index contributed by atoms with van der Waals surface area (Å²) in [5.74, 6) is -0.139. The first-order chi connectivity index (χ1) is 12.5. The monoisotopic (exact) mass is 387 g/mol. The molecule has 0 saturated carbocycles.